The molecule has 24 heavy (non-hydrogen) atoms. The van der Waals surface area contributed by atoms with E-state index in [0.29, 0.717) is 19.6 Å². The molecule has 0 saturated heterocycles. The summed E-state index contributed by atoms with van der Waals surface area (Å²) in [5.41, 5.74) is 4.26. The van der Waals surface area contributed by atoms with Crippen LogP contribution in [0.4, 0.5) is 0 Å². The maximum absolute atomic E-state index is 10.5. The van der Waals surface area contributed by atoms with Crippen LogP contribution in [0.1, 0.15) is 35.2 Å². The molecule has 128 valence electrons. The lowest BCUT2D eigenvalue weighted by atomic mass is 10.1. The fourth-order valence-electron chi connectivity index (χ4n) is 2.60. The largest absolute Gasteiger partial charge is 0.487 e. The highest BCUT2D eigenvalue weighted by molar-refractivity contribution is 5.66. The summed E-state index contributed by atoms with van der Waals surface area (Å²) in [6.07, 6.45) is 2.60. The number of rotatable bonds is 9. The molecule has 0 aliphatic carbocycles. The molecule has 1 aromatic carbocycles. The van der Waals surface area contributed by atoms with E-state index in [9.17, 15) is 4.79 Å². The van der Waals surface area contributed by atoms with Crippen molar-refractivity contribution in [3.63, 3.8) is 0 Å². The van der Waals surface area contributed by atoms with Gasteiger partial charge < -0.3 is 15.2 Å². The number of carbonyl (C=O) groups is 1. The Hall–Kier alpha value is -2.40. The van der Waals surface area contributed by atoms with E-state index in [2.05, 4.69) is 22.4 Å². The normalized spacial score (nSPS) is 10.6. The van der Waals surface area contributed by atoms with Gasteiger partial charge in [-0.3, -0.25) is 9.78 Å². The Bertz CT molecular complexity index is 649. The summed E-state index contributed by atoms with van der Waals surface area (Å²) in [5, 5.41) is 11.9. The first kappa shape index (κ1) is 17.9. The van der Waals surface area contributed by atoms with Crippen molar-refractivity contribution in [1.29, 1.82) is 0 Å². The van der Waals surface area contributed by atoms with Gasteiger partial charge in [-0.1, -0.05) is 18.2 Å². The molecule has 1 aromatic heterocycles. The number of hydrogen-bond acceptors (Lipinski definition) is 4. The number of carboxylic acids is 1. The number of nitrogens with zero attached hydrogens (tertiary/aromatic N) is 1. The van der Waals surface area contributed by atoms with Crippen LogP contribution in [0, 0.1) is 13.8 Å². The van der Waals surface area contributed by atoms with Crippen molar-refractivity contribution in [3.8, 4) is 5.75 Å². The summed E-state index contributed by atoms with van der Waals surface area (Å²) in [5.74, 6) is 0.146. The molecule has 0 fully saturated rings. The molecule has 0 amide bonds. The van der Waals surface area contributed by atoms with Crippen LogP contribution in [-0.2, 0) is 17.9 Å². The zero-order valence-corrected chi connectivity index (χ0v) is 14.2. The number of aromatic nitrogens is 1. The maximum atomic E-state index is 10.5. The molecule has 2 aromatic rings. The number of carboxylic acid groups (broad SMARTS) is 1. The Balaban J connectivity index is 1.89. The van der Waals surface area contributed by atoms with E-state index < -0.39 is 5.97 Å². The van der Waals surface area contributed by atoms with Crippen LogP contribution in [0.3, 0.4) is 0 Å². The number of nitrogens with one attached hydrogen (secondary N) is 1. The maximum Gasteiger partial charge on any atom is 0.303 e. The second-order valence-corrected chi connectivity index (χ2v) is 5.84. The first-order valence-electron chi connectivity index (χ1n) is 8.11. The number of aryl methyl sites for hydroxylation is 2. The van der Waals surface area contributed by atoms with Gasteiger partial charge in [0.05, 0.1) is 5.69 Å². The Morgan fingerprint density at radius 2 is 2.00 bits per heavy atom. The van der Waals surface area contributed by atoms with E-state index in [1.165, 1.54) is 5.56 Å². The van der Waals surface area contributed by atoms with Crippen molar-refractivity contribution in [2.45, 2.75) is 39.8 Å². The molecule has 0 radical (unpaired) electrons. The summed E-state index contributed by atoms with van der Waals surface area (Å²) < 4.78 is 5.93. The Labute approximate surface area is 142 Å². The fraction of sp³-hybridized carbons (Fsp3) is 0.368. The van der Waals surface area contributed by atoms with Gasteiger partial charge in [0.25, 0.3) is 0 Å². The fourth-order valence-corrected chi connectivity index (χ4v) is 2.60. The molecule has 0 saturated carbocycles. The molecular weight excluding hydrogens is 304 g/mol. The van der Waals surface area contributed by atoms with E-state index in [0.717, 1.165) is 29.1 Å². The number of benzene rings is 1. The van der Waals surface area contributed by atoms with Crippen molar-refractivity contribution in [1.82, 2.24) is 10.3 Å². The van der Waals surface area contributed by atoms with Crippen LogP contribution >= 0.6 is 0 Å². The lowest BCUT2D eigenvalue weighted by Crippen LogP contribution is -2.16. The molecule has 1 heterocycles. The second-order valence-electron chi connectivity index (χ2n) is 5.84. The lowest BCUT2D eigenvalue weighted by molar-refractivity contribution is -0.137. The quantitative estimate of drug-likeness (QED) is 0.692. The summed E-state index contributed by atoms with van der Waals surface area (Å²) in [4.78, 5) is 14.7. The number of hydrogen-bond donors (Lipinski definition) is 2. The van der Waals surface area contributed by atoms with Crippen LogP contribution in [0.25, 0.3) is 0 Å². The van der Waals surface area contributed by atoms with E-state index in [1.807, 2.05) is 32.0 Å². The van der Waals surface area contributed by atoms with Crippen LogP contribution in [-0.4, -0.2) is 22.6 Å². The van der Waals surface area contributed by atoms with Crippen molar-refractivity contribution in [3.05, 3.63) is 58.9 Å². The van der Waals surface area contributed by atoms with Gasteiger partial charge in [-0.15, -0.1) is 0 Å². The first-order chi connectivity index (χ1) is 11.6. The highest BCUT2D eigenvalue weighted by atomic mass is 16.5. The van der Waals surface area contributed by atoms with Gasteiger partial charge in [0.1, 0.15) is 12.4 Å². The average molecular weight is 328 g/mol. The van der Waals surface area contributed by atoms with Gasteiger partial charge >= 0.3 is 5.97 Å². The Morgan fingerprint density at radius 3 is 2.62 bits per heavy atom. The predicted molar refractivity (Wildman–Crippen MR) is 93.1 cm³/mol. The lowest BCUT2D eigenvalue weighted by Gasteiger charge is -2.14. The highest BCUT2D eigenvalue weighted by Crippen LogP contribution is 2.25. The molecule has 2 N–H and O–H groups in total. The molecule has 0 bridgehead atoms. The highest BCUT2D eigenvalue weighted by Gasteiger charge is 2.07. The molecule has 0 atom stereocenters. The number of aliphatic carboxylic acids is 1. The van der Waals surface area contributed by atoms with Gasteiger partial charge in [0.2, 0.25) is 0 Å². The average Bonchev–Trinajstić information content (AvgIpc) is 2.54. The minimum Gasteiger partial charge on any atom is -0.487 e. The molecule has 0 unspecified atom stereocenters. The molecule has 0 aliphatic rings. The Morgan fingerprint density at radius 1 is 1.25 bits per heavy atom. The van der Waals surface area contributed by atoms with E-state index >= 15 is 0 Å². The molecule has 0 spiro atoms. The smallest absolute Gasteiger partial charge is 0.303 e. The number of pyridine rings is 1. The zero-order chi connectivity index (χ0) is 17.4. The second kappa shape index (κ2) is 9.03. The first-order valence-corrected chi connectivity index (χ1v) is 8.11. The summed E-state index contributed by atoms with van der Waals surface area (Å²) >= 11 is 0. The molecular formula is C19H24N2O3. The number of ether oxygens (including phenoxy) is 1. The zero-order valence-electron chi connectivity index (χ0n) is 14.2. The summed E-state index contributed by atoms with van der Waals surface area (Å²) in [6, 6.07) is 9.98. The third-order valence-corrected chi connectivity index (χ3v) is 3.68. The topological polar surface area (TPSA) is 71.5 Å². The van der Waals surface area contributed by atoms with Crippen LogP contribution in [0.5, 0.6) is 5.75 Å². The van der Waals surface area contributed by atoms with Crippen molar-refractivity contribution in [2.24, 2.45) is 0 Å². The SMILES string of the molecule is Cc1cc(CNCCCC(=O)O)cc(C)c1OCc1ccccn1. The standard InChI is InChI=1S/C19H24N2O3/c1-14-10-16(12-20-8-5-7-18(22)23)11-15(2)19(14)24-13-17-6-3-4-9-21-17/h3-4,6,9-11,20H,5,7-8,12-13H2,1-2H3,(H,22,23). The van der Waals surface area contributed by atoms with E-state index in [-0.39, 0.29) is 6.42 Å². The van der Waals surface area contributed by atoms with Crippen LogP contribution < -0.4 is 10.1 Å². The van der Waals surface area contributed by atoms with Gasteiger partial charge in [-0.25, -0.2) is 0 Å². The van der Waals surface area contributed by atoms with Gasteiger partial charge in [-0.2, -0.15) is 0 Å². The van der Waals surface area contributed by atoms with Crippen LogP contribution in [0.15, 0.2) is 36.5 Å². The third kappa shape index (κ3) is 5.66. The molecule has 5 heteroatoms. The minimum absolute atomic E-state index is 0.200. The third-order valence-electron chi connectivity index (χ3n) is 3.68. The Kier molecular flexibility index (Phi) is 6.75. The summed E-state index contributed by atoms with van der Waals surface area (Å²) in [6.45, 7) is 5.95. The van der Waals surface area contributed by atoms with Crippen LogP contribution in [0.2, 0.25) is 0 Å². The van der Waals surface area contributed by atoms with E-state index in [1.54, 1.807) is 6.20 Å². The molecule has 0 aliphatic heterocycles. The van der Waals surface area contributed by atoms with Crippen molar-refractivity contribution < 1.29 is 14.6 Å². The van der Waals surface area contributed by atoms with Crippen molar-refractivity contribution >= 4 is 5.97 Å². The molecule has 5 nitrogen and oxygen atoms in total. The minimum atomic E-state index is -0.752. The monoisotopic (exact) mass is 328 g/mol. The van der Waals surface area contributed by atoms with E-state index in [4.69, 9.17) is 9.84 Å². The van der Waals surface area contributed by atoms with Crippen molar-refractivity contribution in [2.75, 3.05) is 6.54 Å². The summed E-state index contributed by atoms with van der Waals surface area (Å²) in [7, 11) is 0. The van der Waals surface area contributed by atoms with Gasteiger partial charge in [0, 0.05) is 19.2 Å². The molecule has 2 rings (SSSR count). The van der Waals surface area contributed by atoms with Gasteiger partial charge in [-0.05, 0) is 55.6 Å². The van der Waals surface area contributed by atoms with Gasteiger partial charge in [0.15, 0.2) is 0 Å². The predicted octanol–water partition coefficient (Wildman–Crippen LogP) is 3.23.